The highest BCUT2D eigenvalue weighted by atomic mass is 79.9. The van der Waals surface area contributed by atoms with E-state index in [1.165, 1.54) is 11.8 Å². The molecule has 0 radical (unpaired) electrons. The van der Waals surface area contributed by atoms with Crippen LogP contribution in [-0.4, -0.2) is 52.8 Å². The van der Waals surface area contributed by atoms with Gasteiger partial charge in [-0.1, -0.05) is 42.1 Å². The van der Waals surface area contributed by atoms with E-state index in [0.717, 1.165) is 58.2 Å². The number of carbonyl (C=O) groups is 1. The topological polar surface area (TPSA) is 67.4 Å². The Balaban J connectivity index is 1.49. The molecule has 0 spiro atoms. The number of amides is 1. The van der Waals surface area contributed by atoms with Crippen LogP contribution in [0.5, 0.6) is 0 Å². The van der Waals surface area contributed by atoms with E-state index >= 15 is 0 Å². The van der Waals surface area contributed by atoms with Gasteiger partial charge in [0.2, 0.25) is 5.91 Å². The monoisotopic (exact) mass is 472 g/mol. The lowest BCUT2D eigenvalue weighted by Gasteiger charge is -2.25. The summed E-state index contributed by atoms with van der Waals surface area (Å²) in [5, 5.41) is 4.74. The van der Waals surface area contributed by atoms with Gasteiger partial charge in [0.15, 0.2) is 0 Å². The number of benzene rings is 2. The fourth-order valence-corrected chi connectivity index (χ4v) is 4.34. The molecule has 0 unspecified atom stereocenters. The zero-order valence-corrected chi connectivity index (χ0v) is 18.2. The second-order valence-corrected chi connectivity index (χ2v) is 8.49. The van der Waals surface area contributed by atoms with Gasteiger partial charge in [-0.2, -0.15) is 0 Å². The highest BCUT2D eigenvalue weighted by Crippen LogP contribution is 2.27. The molecule has 150 valence electrons. The van der Waals surface area contributed by atoms with E-state index in [-0.39, 0.29) is 11.7 Å². The van der Waals surface area contributed by atoms with E-state index in [0.29, 0.717) is 6.54 Å². The Morgan fingerprint density at radius 1 is 1.10 bits per heavy atom. The Morgan fingerprint density at radius 2 is 1.86 bits per heavy atom. The number of halogens is 1. The maximum Gasteiger partial charge on any atom is 0.234 e. The predicted molar refractivity (Wildman–Crippen MR) is 119 cm³/mol. The summed E-state index contributed by atoms with van der Waals surface area (Å²) in [5.41, 5.74) is 1.66. The highest BCUT2D eigenvalue weighted by molar-refractivity contribution is 9.10. The number of nitrogens with one attached hydrogen (secondary N) is 1. The first-order chi connectivity index (χ1) is 14.2. The predicted octanol–water partition coefficient (Wildman–Crippen LogP) is 3.96. The average Bonchev–Trinajstić information content (AvgIpc) is 2.74. The second kappa shape index (κ2) is 9.67. The first-order valence-corrected chi connectivity index (χ1v) is 11.2. The van der Waals surface area contributed by atoms with Gasteiger partial charge in [0.25, 0.3) is 0 Å². The molecule has 2 aromatic carbocycles. The van der Waals surface area contributed by atoms with Crippen LogP contribution < -0.4 is 5.32 Å². The van der Waals surface area contributed by atoms with Crippen LogP contribution in [0.4, 0.5) is 5.69 Å². The molecule has 3 aromatic rings. The maximum absolute atomic E-state index is 12.5. The normalized spacial score (nSPS) is 14.8. The summed E-state index contributed by atoms with van der Waals surface area (Å²) in [7, 11) is 0. The van der Waals surface area contributed by atoms with E-state index in [1.807, 2.05) is 48.5 Å². The smallest absolute Gasteiger partial charge is 0.234 e. The van der Waals surface area contributed by atoms with Crippen molar-refractivity contribution in [1.82, 2.24) is 14.9 Å². The van der Waals surface area contributed by atoms with Crippen LogP contribution in [0.25, 0.3) is 10.9 Å². The van der Waals surface area contributed by atoms with Crippen molar-refractivity contribution in [2.75, 3.05) is 37.4 Å². The fraction of sp³-hybridized carbons (Fsp3) is 0.286. The number of nitrogens with zero attached hydrogens (tertiary/aromatic N) is 3. The summed E-state index contributed by atoms with van der Waals surface area (Å²) in [6, 6.07) is 15.5. The molecule has 1 aliphatic rings. The van der Waals surface area contributed by atoms with Gasteiger partial charge < -0.3 is 10.1 Å². The number of para-hydroxylation sites is 2. The van der Waals surface area contributed by atoms with Crippen molar-refractivity contribution in [3.05, 3.63) is 58.8 Å². The Morgan fingerprint density at radius 3 is 2.69 bits per heavy atom. The minimum atomic E-state index is -0.0701. The number of ether oxygens (including phenoxy) is 1. The molecule has 6 nitrogen and oxygen atoms in total. The molecule has 1 amide bonds. The Hall–Kier alpha value is -2.00. The molecular formula is C21H21BrN4O2S. The maximum atomic E-state index is 12.5. The molecule has 1 fully saturated rings. The first-order valence-electron chi connectivity index (χ1n) is 9.42. The lowest BCUT2D eigenvalue weighted by Crippen LogP contribution is -2.36. The van der Waals surface area contributed by atoms with Crippen LogP contribution in [0.15, 0.2) is 58.0 Å². The largest absolute Gasteiger partial charge is 0.379 e. The Kier molecular flexibility index (Phi) is 6.76. The molecule has 1 N–H and O–H groups in total. The van der Waals surface area contributed by atoms with Crippen LogP contribution in [0.2, 0.25) is 0 Å². The van der Waals surface area contributed by atoms with Crippen molar-refractivity contribution in [2.45, 2.75) is 11.6 Å². The van der Waals surface area contributed by atoms with Crippen molar-refractivity contribution >= 4 is 50.2 Å². The lowest BCUT2D eigenvalue weighted by molar-refractivity contribution is -0.113. The molecule has 1 aromatic heterocycles. The lowest BCUT2D eigenvalue weighted by atomic mass is 10.2. The zero-order valence-electron chi connectivity index (χ0n) is 15.8. The van der Waals surface area contributed by atoms with Gasteiger partial charge in [0.05, 0.1) is 36.7 Å². The van der Waals surface area contributed by atoms with Crippen LogP contribution in [-0.2, 0) is 16.1 Å². The SMILES string of the molecule is O=C(CSc1nc(CN2CCOCC2)nc2ccccc12)Nc1ccccc1Br. The minimum Gasteiger partial charge on any atom is -0.379 e. The molecule has 8 heteroatoms. The number of fused-ring (bicyclic) bond motifs is 1. The Bertz CT molecular complexity index is 1010. The summed E-state index contributed by atoms with van der Waals surface area (Å²) in [6.45, 7) is 3.93. The molecule has 1 aliphatic heterocycles. The Labute approximate surface area is 182 Å². The van der Waals surface area contributed by atoms with E-state index < -0.39 is 0 Å². The highest BCUT2D eigenvalue weighted by Gasteiger charge is 2.15. The fourth-order valence-electron chi connectivity index (χ4n) is 3.12. The van der Waals surface area contributed by atoms with Gasteiger partial charge in [-0.15, -0.1) is 0 Å². The number of anilines is 1. The van der Waals surface area contributed by atoms with E-state index in [2.05, 4.69) is 26.1 Å². The summed E-state index contributed by atoms with van der Waals surface area (Å²) in [5.74, 6) is 0.984. The molecule has 29 heavy (non-hydrogen) atoms. The third-order valence-electron chi connectivity index (χ3n) is 4.57. The van der Waals surface area contributed by atoms with Gasteiger partial charge in [-0.05, 0) is 34.1 Å². The third kappa shape index (κ3) is 5.33. The molecule has 0 atom stereocenters. The number of aromatic nitrogens is 2. The summed E-state index contributed by atoms with van der Waals surface area (Å²) in [6.07, 6.45) is 0. The molecule has 1 saturated heterocycles. The number of thioether (sulfide) groups is 1. The number of rotatable bonds is 6. The average molecular weight is 473 g/mol. The molecule has 0 bridgehead atoms. The second-order valence-electron chi connectivity index (χ2n) is 6.67. The first kappa shape index (κ1) is 20.3. The quantitative estimate of drug-likeness (QED) is 0.432. The number of carbonyl (C=O) groups excluding carboxylic acids is 1. The summed E-state index contributed by atoms with van der Waals surface area (Å²) < 4.78 is 6.28. The van der Waals surface area contributed by atoms with Crippen LogP contribution in [0.3, 0.4) is 0 Å². The zero-order chi connectivity index (χ0) is 20.1. The van der Waals surface area contributed by atoms with Crippen LogP contribution in [0.1, 0.15) is 5.82 Å². The standard InChI is InChI=1S/C21H21BrN4O2S/c22-16-6-2-4-8-18(16)24-20(27)14-29-21-15-5-1-3-7-17(15)23-19(25-21)13-26-9-11-28-12-10-26/h1-8H,9-14H2,(H,24,27). The van der Waals surface area contributed by atoms with Gasteiger partial charge in [-0.3, -0.25) is 9.69 Å². The molecular weight excluding hydrogens is 452 g/mol. The number of hydrogen-bond acceptors (Lipinski definition) is 6. The minimum absolute atomic E-state index is 0.0701. The molecule has 0 saturated carbocycles. The van der Waals surface area contributed by atoms with E-state index in [4.69, 9.17) is 14.7 Å². The van der Waals surface area contributed by atoms with Crippen molar-refractivity contribution in [1.29, 1.82) is 0 Å². The van der Waals surface area contributed by atoms with E-state index in [9.17, 15) is 4.79 Å². The summed E-state index contributed by atoms with van der Waals surface area (Å²) in [4.78, 5) is 24.2. The van der Waals surface area contributed by atoms with Crippen LogP contribution >= 0.6 is 27.7 Å². The van der Waals surface area contributed by atoms with Gasteiger partial charge in [-0.25, -0.2) is 9.97 Å². The van der Waals surface area contributed by atoms with Crippen molar-refractivity contribution in [2.24, 2.45) is 0 Å². The van der Waals surface area contributed by atoms with E-state index in [1.54, 1.807) is 0 Å². The van der Waals surface area contributed by atoms with Gasteiger partial charge in [0, 0.05) is 22.9 Å². The molecule has 0 aliphatic carbocycles. The number of morpholine rings is 1. The third-order valence-corrected chi connectivity index (χ3v) is 6.25. The van der Waals surface area contributed by atoms with Crippen molar-refractivity contribution in [3.8, 4) is 0 Å². The van der Waals surface area contributed by atoms with Gasteiger partial charge in [0.1, 0.15) is 10.9 Å². The van der Waals surface area contributed by atoms with Crippen molar-refractivity contribution in [3.63, 3.8) is 0 Å². The van der Waals surface area contributed by atoms with Crippen LogP contribution in [0, 0.1) is 0 Å². The number of hydrogen-bond donors (Lipinski definition) is 1. The van der Waals surface area contributed by atoms with Crippen molar-refractivity contribution < 1.29 is 9.53 Å². The molecule has 2 heterocycles. The van der Waals surface area contributed by atoms with Gasteiger partial charge >= 0.3 is 0 Å². The summed E-state index contributed by atoms with van der Waals surface area (Å²) >= 11 is 4.89. The molecule has 4 rings (SSSR count).